The van der Waals surface area contributed by atoms with E-state index in [4.69, 9.17) is 4.74 Å². The van der Waals surface area contributed by atoms with Gasteiger partial charge in [0.15, 0.2) is 0 Å². The summed E-state index contributed by atoms with van der Waals surface area (Å²) in [5.41, 5.74) is 0. The lowest BCUT2D eigenvalue weighted by Crippen LogP contribution is -2.49. The van der Waals surface area contributed by atoms with Crippen molar-refractivity contribution in [3.05, 3.63) is 0 Å². The first-order valence-electron chi connectivity index (χ1n) is 5.29. The molecule has 0 amide bonds. The first-order valence-corrected chi connectivity index (χ1v) is 6.90. The molecule has 1 saturated heterocycles. The molecule has 1 fully saturated rings. The molecule has 0 unspecified atom stereocenters. The van der Waals surface area contributed by atoms with Gasteiger partial charge < -0.3 is 4.74 Å². The Balaban J connectivity index is 2.36. The minimum absolute atomic E-state index is 0.199. The van der Waals surface area contributed by atoms with Gasteiger partial charge in [-0.05, 0) is 6.92 Å². The standard InChI is InChI=1S/C9H20N2O3S/c1-3-15(12,13)11-6-4-10(5-7-11)8-9-14-2/h3-9H2,1-2H3. The molecule has 1 rings (SSSR count). The zero-order valence-corrected chi connectivity index (χ0v) is 10.3. The molecule has 0 saturated carbocycles. The Labute approximate surface area is 92.0 Å². The highest BCUT2D eigenvalue weighted by Crippen LogP contribution is 2.07. The molecule has 0 atom stereocenters. The van der Waals surface area contributed by atoms with Crippen molar-refractivity contribution in [2.24, 2.45) is 0 Å². The second kappa shape index (κ2) is 5.79. The molecule has 0 N–H and O–H groups in total. The molecule has 1 heterocycles. The molecule has 0 aromatic rings. The summed E-state index contributed by atoms with van der Waals surface area (Å²) in [7, 11) is -1.31. The number of hydrogen-bond acceptors (Lipinski definition) is 4. The molecule has 1 aliphatic rings. The highest BCUT2D eigenvalue weighted by atomic mass is 32.2. The average molecular weight is 236 g/mol. The molecule has 0 aromatic carbocycles. The first-order chi connectivity index (χ1) is 7.10. The Kier molecular flexibility index (Phi) is 4.98. The molecule has 0 spiro atoms. The molecule has 0 radical (unpaired) electrons. The molecular formula is C9H20N2O3S. The van der Waals surface area contributed by atoms with Gasteiger partial charge in [-0.1, -0.05) is 0 Å². The van der Waals surface area contributed by atoms with Gasteiger partial charge >= 0.3 is 0 Å². The van der Waals surface area contributed by atoms with Crippen molar-refractivity contribution in [1.29, 1.82) is 0 Å². The van der Waals surface area contributed by atoms with E-state index < -0.39 is 10.0 Å². The van der Waals surface area contributed by atoms with Crippen LogP contribution in [-0.2, 0) is 14.8 Å². The smallest absolute Gasteiger partial charge is 0.213 e. The summed E-state index contributed by atoms with van der Waals surface area (Å²) in [6, 6.07) is 0. The lowest BCUT2D eigenvalue weighted by atomic mass is 10.4. The van der Waals surface area contributed by atoms with Crippen LogP contribution in [0.15, 0.2) is 0 Å². The van der Waals surface area contributed by atoms with Crippen LogP contribution in [0, 0.1) is 0 Å². The Morgan fingerprint density at radius 2 is 1.80 bits per heavy atom. The normalized spacial score (nSPS) is 20.7. The van der Waals surface area contributed by atoms with Gasteiger partial charge in [-0.2, -0.15) is 4.31 Å². The topological polar surface area (TPSA) is 49.9 Å². The second-order valence-corrected chi connectivity index (χ2v) is 5.89. The second-order valence-electron chi connectivity index (χ2n) is 3.63. The third-order valence-corrected chi connectivity index (χ3v) is 4.58. The van der Waals surface area contributed by atoms with Crippen LogP contribution < -0.4 is 0 Å². The number of sulfonamides is 1. The summed E-state index contributed by atoms with van der Waals surface area (Å²) in [5.74, 6) is 0.199. The van der Waals surface area contributed by atoms with Crippen molar-refractivity contribution in [3.63, 3.8) is 0 Å². The largest absolute Gasteiger partial charge is 0.383 e. The van der Waals surface area contributed by atoms with Gasteiger partial charge in [0.25, 0.3) is 0 Å². The van der Waals surface area contributed by atoms with E-state index in [1.165, 1.54) is 0 Å². The van der Waals surface area contributed by atoms with Crippen molar-refractivity contribution >= 4 is 10.0 Å². The summed E-state index contributed by atoms with van der Waals surface area (Å²) in [6.45, 7) is 6.12. The summed E-state index contributed by atoms with van der Waals surface area (Å²) in [6.07, 6.45) is 0. The third-order valence-electron chi connectivity index (χ3n) is 2.70. The van der Waals surface area contributed by atoms with Crippen molar-refractivity contribution in [1.82, 2.24) is 9.21 Å². The lowest BCUT2D eigenvalue weighted by molar-refractivity contribution is 0.123. The summed E-state index contributed by atoms with van der Waals surface area (Å²) < 4.78 is 29.7. The average Bonchev–Trinajstić information content (AvgIpc) is 2.27. The van der Waals surface area contributed by atoms with E-state index in [9.17, 15) is 8.42 Å². The molecule has 6 heteroatoms. The maximum absolute atomic E-state index is 11.6. The van der Waals surface area contributed by atoms with Gasteiger partial charge in [0.1, 0.15) is 0 Å². The molecule has 15 heavy (non-hydrogen) atoms. The van der Waals surface area contributed by atoms with Crippen molar-refractivity contribution in [3.8, 4) is 0 Å². The van der Waals surface area contributed by atoms with Crippen LogP contribution in [0.3, 0.4) is 0 Å². The fraction of sp³-hybridized carbons (Fsp3) is 1.00. The maximum Gasteiger partial charge on any atom is 0.213 e. The number of ether oxygens (including phenoxy) is 1. The Bertz CT molecular complexity index is 271. The fourth-order valence-corrected chi connectivity index (χ4v) is 2.72. The summed E-state index contributed by atoms with van der Waals surface area (Å²) in [5, 5.41) is 0. The predicted octanol–water partition coefficient (Wildman–Crippen LogP) is -0.400. The van der Waals surface area contributed by atoms with E-state index in [1.807, 2.05) is 0 Å². The Morgan fingerprint density at radius 3 is 2.27 bits per heavy atom. The van der Waals surface area contributed by atoms with Crippen LogP contribution in [0.1, 0.15) is 6.92 Å². The number of hydrogen-bond donors (Lipinski definition) is 0. The van der Waals surface area contributed by atoms with E-state index >= 15 is 0 Å². The van der Waals surface area contributed by atoms with Crippen molar-refractivity contribution in [2.45, 2.75) is 6.92 Å². The van der Waals surface area contributed by atoms with Crippen LogP contribution in [0.25, 0.3) is 0 Å². The Morgan fingerprint density at radius 1 is 1.20 bits per heavy atom. The van der Waals surface area contributed by atoms with Crippen LogP contribution in [0.5, 0.6) is 0 Å². The SMILES string of the molecule is CCS(=O)(=O)N1CCN(CCOC)CC1. The van der Waals surface area contributed by atoms with E-state index in [1.54, 1.807) is 18.3 Å². The van der Waals surface area contributed by atoms with E-state index in [0.29, 0.717) is 19.7 Å². The zero-order valence-electron chi connectivity index (χ0n) is 9.48. The van der Waals surface area contributed by atoms with E-state index in [-0.39, 0.29) is 5.75 Å². The molecule has 0 aromatic heterocycles. The molecule has 0 bridgehead atoms. The highest BCUT2D eigenvalue weighted by Gasteiger charge is 2.24. The molecular weight excluding hydrogens is 216 g/mol. The van der Waals surface area contributed by atoms with Crippen LogP contribution >= 0.6 is 0 Å². The van der Waals surface area contributed by atoms with Crippen molar-refractivity contribution in [2.75, 3.05) is 52.2 Å². The predicted molar refractivity (Wildman–Crippen MR) is 59.3 cm³/mol. The van der Waals surface area contributed by atoms with Crippen molar-refractivity contribution < 1.29 is 13.2 Å². The van der Waals surface area contributed by atoms with Crippen LogP contribution in [0.2, 0.25) is 0 Å². The highest BCUT2D eigenvalue weighted by molar-refractivity contribution is 7.89. The van der Waals surface area contributed by atoms with Gasteiger partial charge in [0.2, 0.25) is 10.0 Å². The zero-order chi connectivity index (χ0) is 11.3. The molecule has 90 valence electrons. The van der Waals surface area contributed by atoms with E-state index in [0.717, 1.165) is 19.6 Å². The molecule has 5 nitrogen and oxygen atoms in total. The van der Waals surface area contributed by atoms with Crippen LogP contribution in [0.4, 0.5) is 0 Å². The van der Waals surface area contributed by atoms with Gasteiger partial charge in [-0.3, -0.25) is 4.90 Å². The number of rotatable bonds is 5. The Hall–Kier alpha value is -0.170. The minimum Gasteiger partial charge on any atom is -0.383 e. The van der Waals surface area contributed by atoms with Gasteiger partial charge in [-0.15, -0.1) is 0 Å². The van der Waals surface area contributed by atoms with Gasteiger partial charge in [-0.25, -0.2) is 8.42 Å². The minimum atomic E-state index is -2.99. The summed E-state index contributed by atoms with van der Waals surface area (Å²) >= 11 is 0. The first kappa shape index (κ1) is 12.9. The number of nitrogens with zero attached hydrogens (tertiary/aromatic N) is 2. The summed E-state index contributed by atoms with van der Waals surface area (Å²) in [4.78, 5) is 2.23. The fourth-order valence-electron chi connectivity index (χ4n) is 1.63. The number of methoxy groups -OCH3 is 1. The van der Waals surface area contributed by atoms with Crippen LogP contribution in [-0.4, -0.2) is 69.8 Å². The van der Waals surface area contributed by atoms with Gasteiger partial charge in [0, 0.05) is 39.8 Å². The third kappa shape index (κ3) is 3.71. The lowest BCUT2D eigenvalue weighted by Gasteiger charge is -2.33. The number of piperazine rings is 1. The van der Waals surface area contributed by atoms with E-state index in [2.05, 4.69) is 4.90 Å². The monoisotopic (exact) mass is 236 g/mol. The maximum atomic E-state index is 11.6. The molecule has 0 aliphatic carbocycles. The van der Waals surface area contributed by atoms with Gasteiger partial charge in [0.05, 0.1) is 12.4 Å². The molecule has 1 aliphatic heterocycles. The quantitative estimate of drug-likeness (QED) is 0.652.